The summed E-state index contributed by atoms with van der Waals surface area (Å²) in [6, 6.07) is 7.00. The molecule has 0 unspecified atom stereocenters. The van der Waals surface area contributed by atoms with Crippen molar-refractivity contribution in [3.8, 4) is 17.1 Å². The highest BCUT2D eigenvalue weighted by atomic mass is 16.3. The molecule has 1 aliphatic heterocycles. The molecule has 1 saturated heterocycles. The molecule has 0 bridgehead atoms. The summed E-state index contributed by atoms with van der Waals surface area (Å²) in [5, 5.41) is 16.8. The molecule has 112 valence electrons. The highest BCUT2D eigenvalue weighted by Gasteiger charge is 2.30. The minimum absolute atomic E-state index is 0.224. The summed E-state index contributed by atoms with van der Waals surface area (Å²) in [6.45, 7) is 4.81. The average molecular weight is 287 g/mol. The molecule has 2 heterocycles. The van der Waals surface area contributed by atoms with Crippen LogP contribution in [-0.2, 0) is 0 Å². The van der Waals surface area contributed by atoms with Crippen LogP contribution in [0.4, 0.5) is 5.95 Å². The molecular weight excluding hydrogens is 266 g/mol. The minimum Gasteiger partial charge on any atom is -0.508 e. The van der Waals surface area contributed by atoms with Crippen LogP contribution >= 0.6 is 0 Å². The Balaban J connectivity index is 1.74. The van der Waals surface area contributed by atoms with Crippen LogP contribution < -0.4 is 10.6 Å². The normalized spacial score (nSPS) is 17.9. The molecule has 0 atom stereocenters. The summed E-state index contributed by atoms with van der Waals surface area (Å²) in [4.78, 5) is 6.72. The fourth-order valence-electron chi connectivity index (χ4n) is 2.63. The molecular formula is C15H21N5O. The second-order valence-corrected chi connectivity index (χ2v) is 6.04. The summed E-state index contributed by atoms with van der Waals surface area (Å²) < 4.78 is 0. The van der Waals surface area contributed by atoms with E-state index in [0.29, 0.717) is 11.8 Å². The molecule has 6 nitrogen and oxygen atoms in total. The van der Waals surface area contributed by atoms with E-state index in [4.69, 9.17) is 5.73 Å². The van der Waals surface area contributed by atoms with Gasteiger partial charge in [-0.1, -0.05) is 19.1 Å². The molecule has 6 heteroatoms. The van der Waals surface area contributed by atoms with Crippen molar-refractivity contribution in [3.05, 3.63) is 24.3 Å². The highest BCUT2D eigenvalue weighted by Crippen LogP contribution is 2.31. The van der Waals surface area contributed by atoms with E-state index in [-0.39, 0.29) is 11.2 Å². The van der Waals surface area contributed by atoms with Crippen LogP contribution in [-0.4, -0.2) is 39.9 Å². The minimum atomic E-state index is 0.224. The lowest BCUT2D eigenvalue weighted by Gasteiger charge is -2.38. The largest absolute Gasteiger partial charge is 0.508 e. The van der Waals surface area contributed by atoms with E-state index in [0.717, 1.165) is 38.0 Å². The van der Waals surface area contributed by atoms with Gasteiger partial charge < -0.3 is 15.7 Å². The first-order chi connectivity index (χ1) is 10.1. The topological polar surface area (TPSA) is 91.1 Å². The summed E-state index contributed by atoms with van der Waals surface area (Å²) in [5.41, 5.74) is 6.90. The lowest BCUT2D eigenvalue weighted by Crippen LogP contribution is -2.42. The third-order valence-electron chi connectivity index (χ3n) is 4.34. The Kier molecular flexibility index (Phi) is 3.55. The zero-order chi connectivity index (χ0) is 14.9. The molecule has 1 aromatic carbocycles. The van der Waals surface area contributed by atoms with Crippen LogP contribution in [0, 0.1) is 5.41 Å². The molecule has 1 aliphatic rings. The number of nitrogens with one attached hydrogen (secondary N) is 1. The number of aromatic amines is 1. The Morgan fingerprint density at radius 1 is 1.38 bits per heavy atom. The number of H-pyrrole nitrogens is 1. The van der Waals surface area contributed by atoms with Crippen molar-refractivity contribution in [3.63, 3.8) is 0 Å². The predicted octanol–water partition coefficient (Wildman–Crippen LogP) is 1.74. The third-order valence-corrected chi connectivity index (χ3v) is 4.34. The van der Waals surface area contributed by atoms with Gasteiger partial charge in [-0.3, -0.25) is 5.10 Å². The molecule has 2 aromatic rings. The monoisotopic (exact) mass is 287 g/mol. The third kappa shape index (κ3) is 2.85. The van der Waals surface area contributed by atoms with E-state index in [2.05, 4.69) is 27.0 Å². The molecule has 0 saturated carbocycles. The van der Waals surface area contributed by atoms with Crippen LogP contribution in [0.1, 0.15) is 19.8 Å². The number of phenols is 1. The van der Waals surface area contributed by atoms with E-state index < -0.39 is 0 Å². The quantitative estimate of drug-likeness (QED) is 0.800. The lowest BCUT2D eigenvalue weighted by atomic mass is 9.81. The second-order valence-electron chi connectivity index (χ2n) is 6.04. The molecule has 0 amide bonds. The fourth-order valence-corrected chi connectivity index (χ4v) is 2.63. The van der Waals surface area contributed by atoms with Crippen LogP contribution in [0.3, 0.4) is 0 Å². The number of hydrogen-bond donors (Lipinski definition) is 3. The zero-order valence-electron chi connectivity index (χ0n) is 12.2. The molecule has 4 N–H and O–H groups in total. The number of aromatic nitrogens is 3. The van der Waals surface area contributed by atoms with Crippen molar-refractivity contribution in [2.24, 2.45) is 11.1 Å². The van der Waals surface area contributed by atoms with Gasteiger partial charge in [0.15, 0.2) is 5.82 Å². The molecule has 0 aliphatic carbocycles. The number of phenolic OH excluding ortho intramolecular Hbond substituents is 1. The van der Waals surface area contributed by atoms with Crippen molar-refractivity contribution in [1.82, 2.24) is 15.2 Å². The molecule has 0 radical (unpaired) electrons. The summed E-state index contributed by atoms with van der Waals surface area (Å²) in [5.74, 6) is 1.61. The van der Waals surface area contributed by atoms with Gasteiger partial charge in [0.1, 0.15) is 5.75 Å². The lowest BCUT2D eigenvalue weighted by molar-refractivity contribution is 0.257. The van der Waals surface area contributed by atoms with Gasteiger partial charge in [0.2, 0.25) is 5.95 Å². The Morgan fingerprint density at radius 3 is 2.81 bits per heavy atom. The molecule has 1 fully saturated rings. The molecule has 21 heavy (non-hydrogen) atoms. The smallest absolute Gasteiger partial charge is 0.245 e. The fraction of sp³-hybridized carbons (Fsp3) is 0.467. The summed E-state index contributed by atoms with van der Waals surface area (Å²) in [7, 11) is 0. The number of nitrogens with zero attached hydrogens (tertiary/aromatic N) is 3. The molecule has 3 rings (SSSR count). The van der Waals surface area contributed by atoms with E-state index in [1.54, 1.807) is 18.2 Å². The predicted molar refractivity (Wildman–Crippen MR) is 82.1 cm³/mol. The van der Waals surface area contributed by atoms with Gasteiger partial charge in [0.25, 0.3) is 0 Å². The Labute approximate surface area is 124 Å². The second kappa shape index (κ2) is 5.37. The van der Waals surface area contributed by atoms with Crippen LogP contribution in [0.15, 0.2) is 24.3 Å². The van der Waals surface area contributed by atoms with Crippen molar-refractivity contribution in [2.45, 2.75) is 19.8 Å². The standard InChI is InChI=1S/C15H21N5O/c1-15(10-16)5-7-20(8-6-15)14-17-13(18-19-14)11-3-2-4-12(21)9-11/h2-4,9,21H,5-8,10,16H2,1H3,(H,17,18,19). The molecule has 0 spiro atoms. The zero-order valence-corrected chi connectivity index (χ0v) is 12.2. The number of piperidine rings is 1. The van der Waals surface area contributed by atoms with E-state index in [9.17, 15) is 5.11 Å². The first kappa shape index (κ1) is 13.9. The first-order valence-corrected chi connectivity index (χ1v) is 7.26. The number of anilines is 1. The van der Waals surface area contributed by atoms with E-state index >= 15 is 0 Å². The van der Waals surface area contributed by atoms with Crippen LogP contribution in [0.2, 0.25) is 0 Å². The van der Waals surface area contributed by atoms with Gasteiger partial charge in [-0.2, -0.15) is 4.98 Å². The first-order valence-electron chi connectivity index (χ1n) is 7.26. The maximum Gasteiger partial charge on any atom is 0.245 e. The van der Waals surface area contributed by atoms with Gasteiger partial charge >= 0.3 is 0 Å². The maximum atomic E-state index is 9.53. The van der Waals surface area contributed by atoms with Crippen molar-refractivity contribution in [2.75, 3.05) is 24.5 Å². The van der Waals surface area contributed by atoms with Gasteiger partial charge in [-0.05, 0) is 36.9 Å². The van der Waals surface area contributed by atoms with E-state index in [1.807, 2.05) is 6.07 Å². The van der Waals surface area contributed by atoms with Gasteiger partial charge in [0.05, 0.1) is 0 Å². The summed E-state index contributed by atoms with van der Waals surface area (Å²) >= 11 is 0. The number of rotatable bonds is 3. The summed E-state index contributed by atoms with van der Waals surface area (Å²) in [6.07, 6.45) is 2.11. The van der Waals surface area contributed by atoms with Crippen LogP contribution in [0.25, 0.3) is 11.4 Å². The maximum absolute atomic E-state index is 9.53. The van der Waals surface area contributed by atoms with Crippen LogP contribution in [0.5, 0.6) is 5.75 Å². The Bertz CT molecular complexity index is 616. The van der Waals surface area contributed by atoms with Gasteiger partial charge in [0, 0.05) is 18.7 Å². The SMILES string of the molecule is CC1(CN)CCN(c2n[nH]c(-c3cccc(O)c3)n2)CC1. The Hall–Kier alpha value is -2.08. The van der Waals surface area contributed by atoms with Gasteiger partial charge in [-0.25, -0.2) is 0 Å². The number of nitrogens with two attached hydrogens (primary N) is 1. The number of benzene rings is 1. The molecule has 1 aromatic heterocycles. The van der Waals surface area contributed by atoms with Gasteiger partial charge in [-0.15, -0.1) is 5.10 Å². The number of hydrogen-bond acceptors (Lipinski definition) is 5. The Morgan fingerprint density at radius 2 is 2.14 bits per heavy atom. The van der Waals surface area contributed by atoms with E-state index in [1.165, 1.54) is 0 Å². The average Bonchev–Trinajstić information content (AvgIpc) is 2.98. The van der Waals surface area contributed by atoms with Crippen molar-refractivity contribution < 1.29 is 5.11 Å². The van der Waals surface area contributed by atoms with Crippen molar-refractivity contribution >= 4 is 5.95 Å². The highest BCUT2D eigenvalue weighted by molar-refractivity contribution is 5.58. The van der Waals surface area contributed by atoms with Crippen molar-refractivity contribution in [1.29, 1.82) is 0 Å². The number of aromatic hydroxyl groups is 1.